The Bertz CT molecular complexity index is 479. The molecule has 0 radical (unpaired) electrons. The van der Waals surface area contributed by atoms with Crippen molar-refractivity contribution in [1.29, 1.82) is 0 Å². The number of aromatic amines is 1. The van der Waals surface area contributed by atoms with Crippen LogP contribution in [0.15, 0.2) is 4.90 Å². The second kappa shape index (κ2) is 5.59. The summed E-state index contributed by atoms with van der Waals surface area (Å²) in [5.74, 6) is 0.245. The summed E-state index contributed by atoms with van der Waals surface area (Å²) in [7, 11) is -3.60. The van der Waals surface area contributed by atoms with Crippen molar-refractivity contribution in [2.45, 2.75) is 51.0 Å². The third-order valence-electron chi connectivity index (χ3n) is 3.29. The lowest BCUT2D eigenvalue weighted by molar-refractivity contribution is 0.393. The molecule has 5 nitrogen and oxygen atoms in total. The van der Waals surface area contributed by atoms with Crippen molar-refractivity contribution >= 4 is 21.6 Å². The van der Waals surface area contributed by atoms with Crippen LogP contribution in [0.3, 0.4) is 0 Å². The summed E-state index contributed by atoms with van der Waals surface area (Å²) < 4.78 is 27.5. The van der Waals surface area contributed by atoms with Gasteiger partial charge in [-0.1, -0.05) is 13.8 Å². The molecule has 0 atom stereocenters. The van der Waals surface area contributed by atoms with Gasteiger partial charge in [0, 0.05) is 11.4 Å². The van der Waals surface area contributed by atoms with Crippen LogP contribution >= 0.6 is 11.6 Å². The number of H-pyrrole nitrogens is 1. The lowest BCUT2D eigenvalue weighted by atomic mass is 9.97. The maximum absolute atomic E-state index is 12.4. The molecule has 0 saturated carbocycles. The number of aryl methyl sites for hydroxylation is 2. The lowest BCUT2D eigenvalue weighted by Crippen LogP contribution is -2.49. The molecular weight excluding hydrogens is 274 g/mol. The summed E-state index contributed by atoms with van der Waals surface area (Å²) in [4.78, 5) is 0.221. The number of sulfonamides is 1. The van der Waals surface area contributed by atoms with Gasteiger partial charge in [-0.25, -0.2) is 13.1 Å². The highest BCUT2D eigenvalue weighted by molar-refractivity contribution is 7.89. The second-order valence-corrected chi connectivity index (χ2v) is 6.38. The molecule has 0 bridgehead atoms. The molecule has 0 spiro atoms. The van der Waals surface area contributed by atoms with Gasteiger partial charge in [-0.05, 0) is 26.7 Å². The van der Waals surface area contributed by atoms with Gasteiger partial charge in [0.1, 0.15) is 4.90 Å². The number of nitrogens with one attached hydrogen (secondary N) is 2. The van der Waals surface area contributed by atoms with Crippen molar-refractivity contribution in [3.8, 4) is 0 Å². The molecule has 0 fully saturated rings. The Morgan fingerprint density at radius 1 is 1.33 bits per heavy atom. The number of rotatable bonds is 6. The van der Waals surface area contributed by atoms with E-state index in [2.05, 4.69) is 14.9 Å². The molecule has 0 aliphatic heterocycles. The zero-order valence-corrected chi connectivity index (χ0v) is 12.7. The predicted octanol–water partition coefficient (Wildman–Crippen LogP) is 2.10. The zero-order chi connectivity index (χ0) is 14.0. The van der Waals surface area contributed by atoms with Crippen LogP contribution < -0.4 is 4.72 Å². The van der Waals surface area contributed by atoms with Gasteiger partial charge in [-0.3, -0.25) is 5.10 Å². The highest BCUT2D eigenvalue weighted by atomic mass is 35.5. The minimum Gasteiger partial charge on any atom is -0.281 e. The first-order valence-electron chi connectivity index (χ1n) is 5.93. The zero-order valence-electron chi connectivity index (χ0n) is 11.2. The molecular formula is C11H20ClN3O2S. The minimum absolute atomic E-state index is 0.221. The average Bonchev–Trinajstić information content (AvgIpc) is 2.67. The van der Waals surface area contributed by atoms with Crippen molar-refractivity contribution < 1.29 is 8.42 Å². The Hall–Kier alpha value is -0.590. The molecule has 104 valence electrons. The topological polar surface area (TPSA) is 74.8 Å². The van der Waals surface area contributed by atoms with E-state index in [0.29, 0.717) is 24.2 Å². The molecule has 0 unspecified atom stereocenters. The van der Waals surface area contributed by atoms with Gasteiger partial charge in [0.15, 0.2) is 0 Å². The van der Waals surface area contributed by atoms with E-state index in [0.717, 1.165) is 0 Å². The molecule has 1 rings (SSSR count). The number of hydrogen-bond acceptors (Lipinski definition) is 3. The highest BCUT2D eigenvalue weighted by Crippen LogP contribution is 2.23. The lowest BCUT2D eigenvalue weighted by Gasteiger charge is -2.30. The van der Waals surface area contributed by atoms with E-state index in [1.807, 2.05) is 13.8 Å². The number of halogens is 1. The van der Waals surface area contributed by atoms with Gasteiger partial charge in [0.2, 0.25) is 10.0 Å². The van der Waals surface area contributed by atoms with Crippen LogP contribution in [0.2, 0.25) is 0 Å². The quantitative estimate of drug-likeness (QED) is 0.789. The second-order valence-electron chi connectivity index (χ2n) is 4.49. The summed E-state index contributed by atoms with van der Waals surface area (Å²) in [6.45, 7) is 7.19. The molecule has 1 heterocycles. The van der Waals surface area contributed by atoms with Crippen molar-refractivity contribution in [2.24, 2.45) is 0 Å². The van der Waals surface area contributed by atoms with E-state index in [9.17, 15) is 8.42 Å². The standard InChI is InChI=1S/C11H20ClN3O2S/c1-5-11(6-2,7-12)15-18(16,17)10-8(3)13-14-9(10)4/h15H,5-7H2,1-4H3,(H,13,14). The van der Waals surface area contributed by atoms with Crippen LogP contribution in [0, 0.1) is 13.8 Å². The maximum Gasteiger partial charge on any atom is 0.244 e. The van der Waals surface area contributed by atoms with Crippen molar-refractivity contribution in [2.75, 3.05) is 5.88 Å². The minimum atomic E-state index is -3.60. The Kier molecular flexibility index (Phi) is 4.80. The fourth-order valence-electron chi connectivity index (χ4n) is 1.88. The molecule has 7 heteroatoms. The normalized spacial score (nSPS) is 12.9. The predicted molar refractivity (Wildman–Crippen MR) is 72.4 cm³/mol. The van der Waals surface area contributed by atoms with Gasteiger partial charge >= 0.3 is 0 Å². The summed E-state index contributed by atoms with van der Waals surface area (Å²) in [5, 5.41) is 6.59. The third-order valence-corrected chi connectivity index (χ3v) is 5.64. The van der Waals surface area contributed by atoms with Crippen LogP contribution in [0.4, 0.5) is 0 Å². The van der Waals surface area contributed by atoms with Crippen LogP contribution in [-0.4, -0.2) is 30.0 Å². The van der Waals surface area contributed by atoms with Crippen LogP contribution in [-0.2, 0) is 10.0 Å². The fraction of sp³-hybridized carbons (Fsp3) is 0.727. The number of aromatic nitrogens is 2. The smallest absolute Gasteiger partial charge is 0.244 e. The first kappa shape index (κ1) is 15.5. The molecule has 1 aromatic heterocycles. The van der Waals surface area contributed by atoms with Gasteiger partial charge in [0.05, 0.1) is 11.4 Å². The average molecular weight is 294 g/mol. The van der Waals surface area contributed by atoms with Gasteiger partial charge in [-0.15, -0.1) is 11.6 Å². The van der Waals surface area contributed by atoms with Crippen molar-refractivity contribution in [3.05, 3.63) is 11.4 Å². The van der Waals surface area contributed by atoms with E-state index >= 15 is 0 Å². The molecule has 0 aromatic carbocycles. The van der Waals surface area contributed by atoms with E-state index in [4.69, 9.17) is 11.6 Å². The summed E-state index contributed by atoms with van der Waals surface area (Å²) in [6.07, 6.45) is 1.28. The summed E-state index contributed by atoms with van der Waals surface area (Å²) in [5.41, 5.74) is 0.405. The molecule has 18 heavy (non-hydrogen) atoms. The largest absolute Gasteiger partial charge is 0.281 e. The monoisotopic (exact) mass is 293 g/mol. The van der Waals surface area contributed by atoms with E-state index in [1.54, 1.807) is 13.8 Å². The van der Waals surface area contributed by atoms with E-state index < -0.39 is 15.6 Å². The molecule has 0 aliphatic carbocycles. The van der Waals surface area contributed by atoms with E-state index in [1.165, 1.54) is 0 Å². The van der Waals surface area contributed by atoms with Gasteiger partial charge in [0.25, 0.3) is 0 Å². The molecule has 2 N–H and O–H groups in total. The first-order valence-corrected chi connectivity index (χ1v) is 7.95. The van der Waals surface area contributed by atoms with Gasteiger partial charge < -0.3 is 0 Å². The van der Waals surface area contributed by atoms with E-state index in [-0.39, 0.29) is 10.8 Å². The van der Waals surface area contributed by atoms with Crippen LogP contribution in [0.5, 0.6) is 0 Å². The molecule has 0 saturated heterocycles. The molecule has 0 amide bonds. The fourth-order valence-corrected chi connectivity index (χ4v) is 4.32. The molecule has 1 aromatic rings. The van der Waals surface area contributed by atoms with Crippen LogP contribution in [0.25, 0.3) is 0 Å². The Morgan fingerprint density at radius 3 is 2.22 bits per heavy atom. The Balaban J connectivity index is 3.17. The number of alkyl halides is 1. The number of hydrogen-bond donors (Lipinski definition) is 2. The Morgan fingerprint density at radius 2 is 1.89 bits per heavy atom. The SMILES string of the molecule is CCC(CC)(CCl)NS(=O)(=O)c1c(C)n[nH]c1C. The Labute approximate surface area is 113 Å². The van der Waals surface area contributed by atoms with Crippen molar-refractivity contribution in [1.82, 2.24) is 14.9 Å². The summed E-state index contributed by atoms with van der Waals surface area (Å²) >= 11 is 5.92. The maximum atomic E-state index is 12.4. The highest BCUT2D eigenvalue weighted by Gasteiger charge is 2.33. The van der Waals surface area contributed by atoms with Gasteiger partial charge in [-0.2, -0.15) is 5.10 Å². The number of nitrogens with zero attached hydrogens (tertiary/aromatic N) is 1. The first-order chi connectivity index (χ1) is 8.32. The molecule has 0 aliphatic rings. The van der Waals surface area contributed by atoms with Crippen LogP contribution in [0.1, 0.15) is 38.1 Å². The third kappa shape index (κ3) is 2.87. The summed E-state index contributed by atoms with van der Waals surface area (Å²) in [6, 6.07) is 0. The van der Waals surface area contributed by atoms with Crippen molar-refractivity contribution in [3.63, 3.8) is 0 Å².